The standard InChI is InChI=1S/C17H32N2/c1-2-16-8-5-6-12-19(16)13-15-11-10-14-7-3-4-9-17(14)18-15/h14-18H,2-13H2,1H3. The zero-order valence-corrected chi connectivity index (χ0v) is 12.7. The Balaban J connectivity index is 1.52. The molecule has 0 aromatic carbocycles. The first kappa shape index (κ1) is 13.9. The summed E-state index contributed by atoms with van der Waals surface area (Å²) in [4.78, 5) is 2.80. The van der Waals surface area contributed by atoms with E-state index in [1.165, 1.54) is 77.3 Å². The highest BCUT2D eigenvalue weighted by atomic mass is 15.2. The van der Waals surface area contributed by atoms with Crippen molar-refractivity contribution in [2.45, 2.75) is 89.3 Å². The van der Waals surface area contributed by atoms with E-state index in [2.05, 4.69) is 17.1 Å². The minimum absolute atomic E-state index is 0.784. The van der Waals surface area contributed by atoms with Crippen LogP contribution in [0.15, 0.2) is 0 Å². The highest BCUT2D eigenvalue weighted by molar-refractivity contribution is 4.91. The van der Waals surface area contributed by atoms with Crippen LogP contribution in [-0.2, 0) is 0 Å². The third kappa shape index (κ3) is 3.33. The summed E-state index contributed by atoms with van der Waals surface area (Å²) in [6.45, 7) is 5.04. The lowest BCUT2D eigenvalue weighted by atomic mass is 9.77. The van der Waals surface area contributed by atoms with E-state index in [0.29, 0.717) is 0 Å². The number of hydrogen-bond acceptors (Lipinski definition) is 2. The molecule has 0 amide bonds. The molecule has 1 N–H and O–H groups in total. The van der Waals surface area contributed by atoms with Crippen LogP contribution in [0.4, 0.5) is 0 Å². The van der Waals surface area contributed by atoms with Gasteiger partial charge >= 0.3 is 0 Å². The largest absolute Gasteiger partial charge is 0.310 e. The molecule has 0 spiro atoms. The highest BCUT2D eigenvalue weighted by Gasteiger charge is 2.33. The van der Waals surface area contributed by atoms with Gasteiger partial charge in [-0.1, -0.05) is 26.2 Å². The van der Waals surface area contributed by atoms with Gasteiger partial charge in [0.25, 0.3) is 0 Å². The first-order valence-electron chi connectivity index (χ1n) is 8.87. The fourth-order valence-corrected chi connectivity index (χ4v) is 4.76. The number of nitrogens with zero attached hydrogens (tertiary/aromatic N) is 1. The molecular formula is C17H32N2. The molecule has 19 heavy (non-hydrogen) atoms. The van der Waals surface area contributed by atoms with E-state index >= 15 is 0 Å². The lowest BCUT2D eigenvalue weighted by Gasteiger charge is -2.44. The van der Waals surface area contributed by atoms with Crippen LogP contribution < -0.4 is 5.32 Å². The van der Waals surface area contributed by atoms with Gasteiger partial charge in [0, 0.05) is 24.7 Å². The minimum Gasteiger partial charge on any atom is -0.310 e. The maximum Gasteiger partial charge on any atom is 0.0197 e. The van der Waals surface area contributed by atoms with E-state index in [1.807, 2.05) is 0 Å². The molecule has 2 nitrogen and oxygen atoms in total. The van der Waals surface area contributed by atoms with E-state index in [4.69, 9.17) is 0 Å². The zero-order valence-electron chi connectivity index (χ0n) is 12.7. The fraction of sp³-hybridized carbons (Fsp3) is 1.00. The van der Waals surface area contributed by atoms with Crippen molar-refractivity contribution in [1.29, 1.82) is 0 Å². The van der Waals surface area contributed by atoms with Crippen LogP contribution in [0.25, 0.3) is 0 Å². The summed E-state index contributed by atoms with van der Waals surface area (Å²) in [5.41, 5.74) is 0. The van der Waals surface area contributed by atoms with Gasteiger partial charge in [-0.15, -0.1) is 0 Å². The maximum atomic E-state index is 4.01. The predicted molar refractivity (Wildman–Crippen MR) is 81.4 cm³/mol. The van der Waals surface area contributed by atoms with Crippen molar-refractivity contribution in [1.82, 2.24) is 10.2 Å². The van der Waals surface area contributed by atoms with Gasteiger partial charge in [0.05, 0.1) is 0 Å². The van der Waals surface area contributed by atoms with Crippen LogP contribution in [0.1, 0.15) is 71.1 Å². The Morgan fingerprint density at radius 2 is 1.79 bits per heavy atom. The molecule has 2 heterocycles. The van der Waals surface area contributed by atoms with Crippen molar-refractivity contribution in [3.63, 3.8) is 0 Å². The Morgan fingerprint density at radius 3 is 2.68 bits per heavy atom. The van der Waals surface area contributed by atoms with Crippen molar-refractivity contribution < 1.29 is 0 Å². The Morgan fingerprint density at radius 1 is 0.947 bits per heavy atom. The quantitative estimate of drug-likeness (QED) is 0.838. The van der Waals surface area contributed by atoms with Crippen molar-refractivity contribution >= 4 is 0 Å². The predicted octanol–water partition coefficient (Wildman–Crippen LogP) is 3.56. The number of likely N-dealkylation sites (tertiary alicyclic amines) is 1. The molecule has 0 aromatic heterocycles. The molecule has 1 aliphatic carbocycles. The van der Waals surface area contributed by atoms with Gasteiger partial charge in [0.2, 0.25) is 0 Å². The summed E-state index contributed by atoms with van der Waals surface area (Å²) in [7, 11) is 0. The Bertz CT molecular complexity index is 278. The molecule has 1 saturated carbocycles. The molecule has 2 aliphatic heterocycles. The van der Waals surface area contributed by atoms with Crippen molar-refractivity contribution in [3.05, 3.63) is 0 Å². The molecular weight excluding hydrogens is 232 g/mol. The zero-order chi connectivity index (χ0) is 13.1. The molecule has 3 aliphatic rings. The summed E-state index contributed by atoms with van der Waals surface area (Å²) < 4.78 is 0. The van der Waals surface area contributed by atoms with E-state index in [9.17, 15) is 0 Å². The van der Waals surface area contributed by atoms with Gasteiger partial charge in [-0.2, -0.15) is 0 Å². The summed E-state index contributed by atoms with van der Waals surface area (Å²) in [5, 5.41) is 4.01. The topological polar surface area (TPSA) is 15.3 Å². The van der Waals surface area contributed by atoms with Crippen molar-refractivity contribution in [2.75, 3.05) is 13.1 Å². The maximum absolute atomic E-state index is 4.01. The second kappa shape index (κ2) is 6.58. The summed E-state index contributed by atoms with van der Waals surface area (Å²) in [6, 6.07) is 2.52. The minimum atomic E-state index is 0.784. The molecule has 2 saturated heterocycles. The lowest BCUT2D eigenvalue weighted by Crippen LogP contribution is -2.54. The van der Waals surface area contributed by atoms with Gasteiger partial charge in [-0.05, 0) is 57.4 Å². The third-order valence-corrected chi connectivity index (χ3v) is 5.92. The van der Waals surface area contributed by atoms with Crippen molar-refractivity contribution in [2.24, 2.45) is 5.92 Å². The number of hydrogen-bond donors (Lipinski definition) is 1. The monoisotopic (exact) mass is 264 g/mol. The molecule has 0 radical (unpaired) electrons. The van der Waals surface area contributed by atoms with Gasteiger partial charge < -0.3 is 5.32 Å². The van der Waals surface area contributed by atoms with Gasteiger partial charge in [-0.25, -0.2) is 0 Å². The normalized spacial score (nSPS) is 40.9. The third-order valence-electron chi connectivity index (χ3n) is 5.92. The first-order chi connectivity index (χ1) is 9.36. The molecule has 4 unspecified atom stereocenters. The molecule has 0 bridgehead atoms. The van der Waals surface area contributed by atoms with Gasteiger partial charge in [0.15, 0.2) is 0 Å². The second-order valence-electron chi connectivity index (χ2n) is 7.14. The Labute approximate surface area is 119 Å². The SMILES string of the molecule is CCC1CCCCN1CC1CCC2CCCCC2N1. The molecule has 0 aromatic rings. The number of rotatable bonds is 3. The van der Waals surface area contributed by atoms with E-state index in [1.54, 1.807) is 0 Å². The van der Waals surface area contributed by atoms with Crippen LogP contribution in [0.2, 0.25) is 0 Å². The Kier molecular flexibility index (Phi) is 4.81. The molecule has 3 fully saturated rings. The smallest absolute Gasteiger partial charge is 0.0197 e. The summed E-state index contributed by atoms with van der Waals surface area (Å²) in [6.07, 6.45) is 14.5. The summed E-state index contributed by atoms with van der Waals surface area (Å²) in [5.74, 6) is 1.01. The van der Waals surface area contributed by atoms with Gasteiger partial charge in [-0.3, -0.25) is 4.90 Å². The van der Waals surface area contributed by atoms with E-state index in [-0.39, 0.29) is 0 Å². The fourth-order valence-electron chi connectivity index (χ4n) is 4.76. The van der Waals surface area contributed by atoms with Crippen LogP contribution in [0, 0.1) is 5.92 Å². The van der Waals surface area contributed by atoms with Gasteiger partial charge in [0.1, 0.15) is 0 Å². The van der Waals surface area contributed by atoms with Crippen LogP contribution in [0.3, 0.4) is 0 Å². The van der Waals surface area contributed by atoms with E-state index in [0.717, 1.165) is 24.0 Å². The van der Waals surface area contributed by atoms with E-state index < -0.39 is 0 Å². The summed E-state index contributed by atoms with van der Waals surface area (Å²) >= 11 is 0. The molecule has 3 rings (SSSR count). The van der Waals surface area contributed by atoms with Crippen LogP contribution in [-0.4, -0.2) is 36.1 Å². The average molecular weight is 264 g/mol. The number of nitrogens with one attached hydrogen (secondary N) is 1. The van der Waals surface area contributed by atoms with Crippen LogP contribution in [0.5, 0.6) is 0 Å². The van der Waals surface area contributed by atoms with Crippen molar-refractivity contribution in [3.8, 4) is 0 Å². The molecule has 4 atom stereocenters. The first-order valence-corrected chi connectivity index (χ1v) is 8.87. The Hall–Kier alpha value is -0.0800. The number of fused-ring (bicyclic) bond motifs is 1. The van der Waals surface area contributed by atoms with Crippen LogP contribution >= 0.6 is 0 Å². The number of piperidine rings is 2. The lowest BCUT2D eigenvalue weighted by molar-refractivity contribution is 0.0977. The molecule has 110 valence electrons. The highest BCUT2D eigenvalue weighted by Crippen LogP contribution is 2.32. The molecule has 2 heteroatoms. The second-order valence-corrected chi connectivity index (χ2v) is 7.14. The average Bonchev–Trinajstić information content (AvgIpc) is 2.48.